The van der Waals surface area contributed by atoms with Crippen LogP contribution in [0.15, 0.2) is 12.4 Å². The first-order valence-corrected chi connectivity index (χ1v) is 5.53. The Balaban J connectivity index is 1.79. The first-order chi connectivity index (χ1) is 7.75. The summed E-state index contributed by atoms with van der Waals surface area (Å²) in [7, 11) is 1.76. The van der Waals surface area contributed by atoms with E-state index in [2.05, 4.69) is 5.10 Å². The number of hydrogen-bond acceptors (Lipinski definition) is 4. The van der Waals surface area contributed by atoms with E-state index in [9.17, 15) is 4.79 Å². The number of rotatable bonds is 3. The van der Waals surface area contributed by atoms with Gasteiger partial charge in [0.25, 0.3) is 0 Å². The summed E-state index contributed by atoms with van der Waals surface area (Å²) < 4.78 is 12.2. The van der Waals surface area contributed by atoms with Gasteiger partial charge in [0.2, 0.25) is 0 Å². The SMILES string of the molecule is Cn1cc(C(=O)OCC2CCCCO2)cn1. The number of esters is 1. The fraction of sp³-hybridized carbons (Fsp3) is 0.636. The van der Waals surface area contributed by atoms with Crippen molar-refractivity contribution in [3.63, 3.8) is 0 Å². The summed E-state index contributed by atoms with van der Waals surface area (Å²) in [6.45, 7) is 1.11. The number of carbonyl (C=O) groups excluding carboxylic acids is 1. The number of nitrogens with zero attached hydrogens (tertiary/aromatic N) is 2. The standard InChI is InChI=1S/C11H16N2O3/c1-13-7-9(6-12-13)11(14)16-8-10-4-2-3-5-15-10/h6-7,10H,2-5,8H2,1H3. The summed E-state index contributed by atoms with van der Waals surface area (Å²) in [5.41, 5.74) is 0.485. The van der Waals surface area contributed by atoms with Crippen molar-refractivity contribution in [3.05, 3.63) is 18.0 Å². The molecule has 88 valence electrons. The predicted octanol–water partition coefficient (Wildman–Crippen LogP) is 1.15. The molecule has 1 aromatic rings. The fourth-order valence-corrected chi connectivity index (χ4v) is 1.72. The van der Waals surface area contributed by atoms with Gasteiger partial charge in [0.05, 0.1) is 17.9 Å². The third kappa shape index (κ3) is 2.82. The van der Waals surface area contributed by atoms with Crippen LogP contribution < -0.4 is 0 Å². The quantitative estimate of drug-likeness (QED) is 0.723. The molecule has 1 aromatic heterocycles. The maximum absolute atomic E-state index is 11.6. The monoisotopic (exact) mass is 224 g/mol. The van der Waals surface area contributed by atoms with Gasteiger partial charge in [0, 0.05) is 19.9 Å². The molecular weight excluding hydrogens is 208 g/mol. The Morgan fingerprint density at radius 2 is 2.56 bits per heavy atom. The van der Waals surface area contributed by atoms with Crippen LogP contribution in [0.2, 0.25) is 0 Å². The second-order valence-corrected chi connectivity index (χ2v) is 3.99. The Kier molecular flexibility index (Phi) is 3.56. The van der Waals surface area contributed by atoms with Crippen LogP contribution >= 0.6 is 0 Å². The lowest BCUT2D eigenvalue weighted by Gasteiger charge is -2.21. The van der Waals surface area contributed by atoms with Crippen LogP contribution in [0.5, 0.6) is 0 Å². The molecule has 2 heterocycles. The fourth-order valence-electron chi connectivity index (χ4n) is 1.72. The molecule has 0 bridgehead atoms. The van der Waals surface area contributed by atoms with Gasteiger partial charge in [-0.05, 0) is 19.3 Å². The Bertz CT molecular complexity index is 356. The van der Waals surface area contributed by atoms with Gasteiger partial charge in [-0.3, -0.25) is 4.68 Å². The zero-order valence-corrected chi connectivity index (χ0v) is 9.39. The molecule has 0 aliphatic carbocycles. The van der Waals surface area contributed by atoms with Gasteiger partial charge >= 0.3 is 5.97 Å². The van der Waals surface area contributed by atoms with Crippen LogP contribution in [-0.4, -0.2) is 35.1 Å². The van der Waals surface area contributed by atoms with Crippen LogP contribution in [0.1, 0.15) is 29.6 Å². The molecule has 5 nitrogen and oxygen atoms in total. The first-order valence-electron chi connectivity index (χ1n) is 5.53. The first kappa shape index (κ1) is 11.1. The number of carbonyl (C=O) groups is 1. The minimum atomic E-state index is -0.331. The summed E-state index contributed by atoms with van der Waals surface area (Å²) in [6.07, 6.45) is 6.44. The highest BCUT2D eigenvalue weighted by Gasteiger charge is 2.17. The minimum Gasteiger partial charge on any atom is -0.459 e. The number of ether oxygens (including phenoxy) is 2. The lowest BCUT2D eigenvalue weighted by molar-refractivity contribution is -0.0300. The van der Waals surface area contributed by atoms with Gasteiger partial charge in [-0.1, -0.05) is 0 Å². The molecule has 0 amide bonds. The molecule has 1 aliphatic heterocycles. The van der Waals surface area contributed by atoms with E-state index < -0.39 is 0 Å². The predicted molar refractivity (Wildman–Crippen MR) is 57.1 cm³/mol. The van der Waals surface area contributed by atoms with Crippen molar-refractivity contribution in [1.29, 1.82) is 0 Å². The molecule has 1 aliphatic rings. The highest BCUT2D eigenvalue weighted by molar-refractivity contribution is 5.88. The van der Waals surface area contributed by atoms with Gasteiger partial charge in [-0.25, -0.2) is 4.79 Å². The Hall–Kier alpha value is -1.36. The van der Waals surface area contributed by atoms with Gasteiger partial charge in [0.15, 0.2) is 0 Å². The van der Waals surface area contributed by atoms with E-state index in [4.69, 9.17) is 9.47 Å². The molecule has 0 aromatic carbocycles. The van der Waals surface area contributed by atoms with Crippen molar-refractivity contribution < 1.29 is 14.3 Å². The second-order valence-electron chi connectivity index (χ2n) is 3.99. The molecule has 1 unspecified atom stereocenters. The van der Waals surface area contributed by atoms with Crippen molar-refractivity contribution in [2.75, 3.05) is 13.2 Å². The zero-order chi connectivity index (χ0) is 11.4. The van der Waals surface area contributed by atoms with E-state index in [1.165, 1.54) is 6.20 Å². The van der Waals surface area contributed by atoms with Crippen LogP contribution in [0.3, 0.4) is 0 Å². The molecule has 2 rings (SSSR count). The minimum absolute atomic E-state index is 0.0642. The molecule has 5 heteroatoms. The molecule has 0 spiro atoms. The summed E-state index contributed by atoms with van der Waals surface area (Å²) >= 11 is 0. The Labute approximate surface area is 94.3 Å². The Morgan fingerprint density at radius 3 is 3.19 bits per heavy atom. The van der Waals surface area contributed by atoms with Gasteiger partial charge in [-0.2, -0.15) is 5.10 Å². The Morgan fingerprint density at radius 1 is 1.69 bits per heavy atom. The molecule has 1 saturated heterocycles. The smallest absolute Gasteiger partial charge is 0.341 e. The summed E-state index contributed by atoms with van der Waals surface area (Å²) in [5, 5.41) is 3.92. The van der Waals surface area contributed by atoms with Gasteiger partial charge in [-0.15, -0.1) is 0 Å². The van der Waals surface area contributed by atoms with E-state index in [-0.39, 0.29) is 12.1 Å². The molecule has 0 N–H and O–H groups in total. The summed E-state index contributed by atoms with van der Waals surface area (Å²) in [5.74, 6) is -0.331. The maximum atomic E-state index is 11.6. The molecule has 0 saturated carbocycles. The molecule has 0 radical (unpaired) electrons. The van der Waals surface area contributed by atoms with Gasteiger partial charge < -0.3 is 9.47 Å². The number of aromatic nitrogens is 2. The van der Waals surface area contributed by atoms with Crippen molar-refractivity contribution in [3.8, 4) is 0 Å². The van der Waals surface area contributed by atoms with Crippen molar-refractivity contribution in [2.45, 2.75) is 25.4 Å². The van der Waals surface area contributed by atoms with E-state index in [1.54, 1.807) is 17.9 Å². The van der Waals surface area contributed by atoms with Crippen LogP contribution in [-0.2, 0) is 16.5 Å². The molecular formula is C11H16N2O3. The van der Waals surface area contributed by atoms with Crippen molar-refractivity contribution >= 4 is 5.97 Å². The van der Waals surface area contributed by atoms with Crippen LogP contribution in [0.25, 0.3) is 0 Å². The lowest BCUT2D eigenvalue weighted by Crippen LogP contribution is -2.25. The van der Waals surface area contributed by atoms with E-state index in [0.29, 0.717) is 12.2 Å². The molecule has 1 fully saturated rings. The maximum Gasteiger partial charge on any atom is 0.341 e. The van der Waals surface area contributed by atoms with Crippen LogP contribution in [0, 0.1) is 0 Å². The number of hydrogen-bond donors (Lipinski definition) is 0. The average Bonchev–Trinajstić information content (AvgIpc) is 2.74. The van der Waals surface area contributed by atoms with E-state index in [1.807, 2.05) is 0 Å². The highest BCUT2D eigenvalue weighted by Crippen LogP contribution is 2.13. The van der Waals surface area contributed by atoms with Crippen molar-refractivity contribution in [2.24, 2.45) is 7.05 Å². The molecule has 1 atom stereocenters. The average molecular weight is 224 g/mol. The zero-order valence-electron chi connectivity index (χ0n) is 9.39. The summed E-state index contributed by atoms with van der Waals surface area (Å²) in [6, 6.07) is 0. The topological polar surface area (TPSA) is 53.4 Å². The number of aryl methyl sites for hydroxylation is 1. The second kappa shape index (κ2) is 5.12. The largest absolute Gasteiger partial charge is 0.459 e. The summed E-state index contributed by atoms with van der Waals surface area (Å²) in [4.78, 5) is 11.6. The van der Waals surface area contributed by atoms with Gasteiger partial charge in [0.1, 0.15) is 6.61 Å². The van der Waals surface area contributed by atoms with E-state index in [0.717, 1.165) is 25.9 Å². The third-order valence-electron chi connectivity index (χ3n) is 2.61. The lowest BCUT2D eigenvalue weighted by atomic mass is 10.1. The van der Waals surface area contributed by atoms with Crippen LogP contribution in [0.4, 0.5) is 0 Å². The highest BCUT2D eigenvalue weighted by atomic mass is 16.6. The normalized spacial score (nSPS) is 20.7. The third-order valence-corrected chi connectivity index (χ3v) is 2.61. The van der Waals surface area contributed by atoms with Crippen molar-refractivity contribution in [1.82, 2.24) is 9.78 Å². The van der Waals surface area contributed by atoms with E-state index >= 15 is 0 Å². The molecule has 16 heavy (non-hydrogen) atoms.